The fourth-order valence-corrected chi connectivity index (χ4v) is 3.35. The van der Waals surface area contributed by atoms with Gasteiger partial charge >= 0.3 is 5.97 Å². The summed E-state index contributed by atoms with van der Waals surface area (Å²) in [6, 6.07) is 20.3. The molecular formula is C21H19NO2. The summed E-state index contributed by atoms with van der Waals surface area (Å²) >= 11 is 0. The molecule has 0 N–H and O–H groups in total. The molecule has 3 heteroatoms. The summed E-state index contributed by atoms with van der Waals surface area (Å²) < 4.78 is 5.42. The molecule has 2 atom stereocenters. The highest BCUT2D eigenvalue weighted by Crippen LogP contribution is 2.33. The molecule has 0 radical (unpaired) electrons. The first-order valence-corrected chi connectivity index (χ1v) is 8.22. The van der Waals surface area contributed by atoms with Gasteiger partial charge in [0.2, 0.25) is 0 Å². The number of morpholine rings is 1. The quantitative estimate of drug-likeness (QED) is 0.810. The lowest BCUT2D eigenvalue weighted by Crippen LogP contribution is -2.47. The maximum absolute atomic E-state index is 12.1. The van der Waals surface area contributed by atoms with Gasteiger partial charge in [-0.3, -0.25) is 4.90 Å². The number of rotatable bonds is 3. The second kappa shape index (κ2) is 6.46. The Morgan fingerprint density at radius 1 is 0.958 bits per heavy atom. The van der Waals surface area contributed by atoms with E-state index >= 15 is 0 Å². The number of benzene rings is 2. The second-order valence-corrected chi connectivity index (χ2v) is 6.16. The van der Waals surface area contributed by atoms with E-state index in [9.17, 15) is 4.79 Å². The predicted molar refractivity (Wildman–Crippen MR) is 94.2 cm³/mol. The van der Waals surface area contributed by atoms with E-state index in [1.807, 2.05) is 42.5 Å². The minimum atomic E-state index is -0.278. The number of cyclic esters (lactones) is 1. The van der Waals surface area contributed by atoms with E-state index in [4.69, 9.17) is 4.74 Å². The van der Waals surface area contributed by atoms with Crippen LogP contribution < -0.4 is 0 Å². The Balaban J connectivity index is 1.56. The summed E-state index contributed by atoms with van der Waals surface area (Å²) in [6.07, 6.45) is 6.22. The average molecular weight is 317 g/mol. The number of ether oxygens (including phenoxy) is 1. The van der Waals surface area contributed by atoms with Gasteiger partial charge in [0.1, 0.15) is 12.6 Å². The Labute approximate surface area is 141 Å². The van der Waals surface area contributed by atoms with Crippen LogP contribution in [0.25, 0.3) is 6.08 Å². The number of nitrogens with zero attached hydrogens (tertiary/aromatic N) is 1. The average Bonchev–Trinajstić information content (AvgIpc) is 3.07. The molecule has 0 bridgehead atoms. The SMILES string of the molecule is O=C1OC[C@@H](c2ccccc2)N2CC(/C=C/c3ccccc3)=CC12. The molecule has 120 valence electrons. The largest absolute Gasteiger partial charge is 0.462 e. The second-order valence-electron chi connectivity index (χ2n) is 6.16. The smallest absolute Gasteiger partial charge is 0.327 e. The van der Waals surface area contributed by atoms with Gasteiger partial charge < -0.3 is 4.74 Å². The van der Waals surface area contributed by atoms with E-state index in [1.54, 1.807) is 0 Å². The van der Waals surface area contributed by atoms with Crippen molar-refractivity contribution in [3.63, 3.8) is 0 Å². The van der Waals surface area contributed by atoms with Crippen LogP contribution in [0.5, 0.6) is 0 Å². The summed E-state index contributed by atoms with van der Waals surface area (Å²) in [5.41, 5.74) is 3.51. The molecule has 0 saturated carbocycles. The molecule has 1 unspecified atom stereocenters. The Kier molecular flexibility index (Phi) is 4.01. The third kappa shape index (κ3) is 2.91. The van der Waals surface area contributed by atoms with Crippen LogP contribution in [0.2, 0.25) is 0 Å². The number of hydrogen-bond donors (Lipinski definition) is 0. The van der Waals surface area contributed by atoms with Crippen LogP contribution in [0, 0.1) is 0 Å². The molecule has 0 aliphatic carbocycles. The normalized spacial score (nSPS) is 23.8. The zero-order chi connectivity index (χ0) is 16.4. The fourth-order valence-electron chi connectivity index (χ4n) is 3.35. The van der Waals surface area contributed by atoms with Gasteiger partial charge in [-0.05, 0) is 16.7 Å². The molecule has 24 heavy (non-hydrogen) atoms. The van der Waals surface area contributed by atoms with Gasteiger partial charge in [0, 0.05) is 6.54 Å². The highest BCUT2D eigenvalue weighted by Gasteiger charge is 2.40. The summed E-state index contributed by atoms with van der Waals surface area (Å²) in [6.45, 7) is 1.19. The van der Waals surface area contributed by atoms with Gasteiger partial charge in [-0.25, -0.2) is 4.79 Å². The molecule has 0 amide bonds. The maximum Gasteiger partial charge on any atom is 0.327 e. The van der Waals surface area contributed by atoms with Crippen LogP contribution >= 0.6 is 0 Å². The molecule has 2 aromatic carbocycles. The molecule has 1 fully saturated rings. The van der Waals surface area contributed by atoms with Crippen molar-refractivity contribution in [2.75, 3.05) is 13.2 Å². The minimum absolute atomic E-state index is 0.118. The zero-order valence-electron chi connectivity index (χ0n) is 13.3. The van der Waals surface area contributed by atoms with E-state index in [0.717, 1.165) is 17.7 Å². The molecule has 2 heterocycles. The lowest BCUT2D eigenvalue weighted by molar-refractivity contribution is -0.158. The maximum atomic E-state index is 12.1. The highest BCUT2D eigenvalue weighted by atomic mass is 16.5. The number of hydrogen-bond acceptors (Lipinski definition) is 3. The van der Waals surface area contributed by atoms with Gasteiger partial charge in [-0.2, -0.15) is 0 Å². The van der Waals surface area contributed by atoms with Gasteiger partial charge in [-0.15, -0.1) is 0 Å². The lowest BCUT2D eigenvalue weighted by atomic mass is 10.0. The van der Waals surface area contributed by atoms with Gasteiger partial charge in [0.25, 0.3) is 0 Å². The van der Waals surface area contributed by atoms with Crippen LogP contribution in [-0.2, 0) is 9.53 Å². The van der Waals surface area contributed by atoms with Crippen molar-refractivity contribution in [2.45, 2.75) is 12.1 Å². The summed E-state index contributed by atoms with van der Waals surface area (Å²) in [5.74, 6) is -0.148. The van der Waals surface area contributed by atoms with E-state index in [2.05, 4.69) is 41.3 Å². The highest BCUT2D eigenvalue weighted by molar-refractivity contribution is 5.80. The van der Waals surface area contributed by atoms with E-state index < -0.39 is 0 Å². The molecule has 3 nitrogen and oxygen atoms in total. The predicted octanol–water partition coefficient (Wildman–Crippen LogP) is 3.61. The Hall–Kier alpha value is -2.65. The van der Waals surface area contributed by atoms with Crippen molar-refractivity contribution in [1.82, 2.24) is 4.90 Å². The fraction of sp³-hybridized carbons (Fsp3) is 0.190. The van der Waals surface area contributed by atoms with Crippen molar-refractivity contribution in [3.05, 3.63) is 89.5 Å². The van der Waals surface area contributed by atoms with Crippen molar-refractivity contribution in [2.24, 2.45) is 0 Å². The third-order valence-corrected chi connectivity index (χ3v) is 4.59. The van der Waals surface area contributed by atoms with Gasteiger partial charge in [0.15, 0.2) is 0 Å². The molecular weight excluding hydrogens is 298 g/mol. The summed E-state index contributed by atoms with van der Waals surface area (Å²) in [7, 11) is 0. The minimum Gasteiger partial charge on any atom is -0.462 e. The Morgan fingerprint density at radius 2 is 1.67 bits per heavy atom. The van der Waals surface area contributed by atoms with Crippen LogP contribution in [0.3, 0.4) is 0 Å². The molecule has 2 aromatic rings. The summed E-state index contributed by atoms with van der Waals surface area (Å²) in [5, 5.41) is 0. The van der Waals surface area contributed by atoms with Crippen LogP contribution in [0.15, 0.2) is 78.4 Å². The molecule has 0 spiro atoms. The topological polar surface area (TPSA) is 29.5 Å². The number of carbonyl (C=O) groups is 1. The van der Waals surface area contributed by atoms with E-state index in [0.29, 0.717) is 6.61 Å². The van der Waals surface area contributed by atoms with Crippen LogP contribution in [0.1, 0.15) is 17.2 Å². The molecule has 0 aromatic heterocycles. The Bertz CT molecular complexity index is 780. The molecule has 2 aliphatic rings. The Morgan fingerprint density at radius 3 is 2.42 bits per heavy atom. The number of fused-ring (bicyclic) bond motifs is 1. The van der Waals surface area contributed by atoms with Crippen molar-refractivity contribution < 1.29 is 9.53 Å². The van der Waals surface area contributed by atoms with Crippen molar-refractivity contribution >= 4 is 12.0 Å². The molecule has 1 saturated heterocycles. The third-order valence-electron chi connectivity index (χ3n) is 4.59. The first kappa shape index (κ1) is 14.9. The summed E-state index contributed by atoms with van der Waals surface area (Å²) in [4.78, 5) is 14.4. The van der Waals surface area contributed by atoms with Gasteiger partial charge in [0.05, 0.1) is 6.04 Å². The lowest BCUT2D eigenvalue weighted by Gasteiger charge is -2.36. The number of carbonyl (C=O) groups excluding carboxylic acids is 1. The van der Waals surface area contributed by atoms with E-state index in [1.165, 1.54) is 5.56 Å². The molecule has 2 aliphatic heterocycles. The van der Waals surface area contributed by atoms with Crippen molar-refractivity contribution in [1.29, 1.82) is 0 Å². The number of esters is 1. The van der Waals surface area contributed by atoms with Gasteiger partial charge in [-0.1, -0.05) is 78.9 Å². The van der Waals surface area contributed by atoms with Crippen LogP contribution in [0.4, 0.5) is 0 Å². The first-order chi connectivity index (χ1) is 11.8. The zero-order valence-corrected chi connectivity index (χ0v) is 13.3. The van der Waals surface area contributed by atoms with Crippen molar-refractivity contribution in [3.8, 4) is 0 Å². The first-order valence-electron chi connectivity index (χ1n) is 8.22. The molecule has 4 rings (SSSR count). The monoisotopic (exact) mass is 317 g/mol. The standard InChI is InChI=1S/C21H19NO2/c23-21-19-13-17(12-11-16-7-3-1-4-8-16)14-22(19)20(15-24-21)18-9-5-2-6-10-18/h1-13,19-20H,14-15H2/b12-11+/t19?,20-/m0/s1. The van der Waals surface area contributed by atoms with E-state index in [-0.39, 0.29) is 18.1 Å². The van der Waals surface area contributed by atoms with Crippen LogP contribution in [-0.4, -0.2) is 30.1 Å².